The summed E-state index contributed by atoms with van der Waals surface area (Å²) in [7, 11) is 1.38. The molecule has 0 atom stereocenters. The molecule has 2 heterocycles. The molecule has 3 rings (SSSR count). The molecule has 0 fully saturated rings. The predicted molar refractivity (Wildman–Crippen MR) is 80.2 cm³/mol. The van der Waals surface area contributed by atoms with Gasteiger partial charge in [0.15, 0.2) is 0 Å². The van der Waals surface area contributed by atoms with E-state index in [-0.39, 0.29) is 12.5 Å². The minimum atomic E-state index is -0.512. The van der Waals surface area contributed by atoms with Gasteiger partial charge in [-0.25, -0.2) is 4.79 Å². The lowest BCUT2D eigenvalue weighted by molar-refractivity contribution is -0.119. The number of hydrogen-bond acceptors (Lipinski definition) is 4. The predicted octanol–water partition coefficient (Wildman–Crippen LogP) is -0.0274. The zero-order valence-corrected chi connectivity index (χ0v) is 12.1. The number of rotatable bonds is 2. The fraction of sp³-hybridized carbons (Fsp3) is 0.267. The van der Waals surface area contributed by atoms with Crippen molar-refractivity contribution in [3.8, 4) is 5.75 Å². The maximum absolute atomic E-state index is 12.5. The third kappa shape index (κ3) is 2.41. The van der Waals surface area contributed by atoms with Crippen molar-refractivity contribution in [2.45, 2.75) is 6.54 Å². The molecule has 22 heavy (non-hydrogen) atoms. The van der Waals surface area contributed by atoms with Crippen LogP contribution in [0.25, 0.3) is 0 Å². The summed E-state index contributed by atoms with van der Waals surface area (Å²) in [5.74, 6) is 0.423. The van der Waals surface area contributed by atoms with Crippen molar-refractivity contribution in [1.29, 1.82) is 0 Å². The highest BCUT2D eigenvalue weighted by atomic mass is 16.5. The third-order valence-electron chi connectivity index (χ3n) is 3.60. The average molecular weight is 301 g/mol. The number of benzene rings is 1. The second kappa shape index (κ2) is 5.51. The van der Waals surface area contributed by atoms with Crippen LogP contribution in [0.2, 0.25) is 0 Å². The van der Waals surface area contributed by atoms with Crippen molar-refractivity contribution < 1.29 is 9.53 Å². The number of carbonyl (C=O) groups is 1. The Morgan fingerprint density at radius 1 is 1.23 bits per heavy atom. The molecule has 1 aromatic heterocycles. The molecule has 1 aliphatic rings. The molecule has 1 aromatic carbocycles. The molecule has 0 spiro atoms. The van der Waals surface area contributed by atoms with E-state index in [1.54, 1.807) is 17.0 Å². The van der Waals surface area contributed by atoms with Crippen molar-refractivity contribution >= 4 is 11.6 Å². The van der Waals surface area contributed by atoms with Crippen molar-refractivity contribution in [2.75, 3.05) is 18.1 Å². The van der Waals surface area contributed by atoms with Crippen LogP contribution in [0.5, 0.6) is 5.75 Å². The van der Waals surface area contributed by atoms with Gasteiger partial charge in [0, 0.05) is 19.3 Å². The Morgan fingerprint density at radius 3 is 2.82 bits per heavy atom. The standard InChI is InChI=1S/C15H15N3O4/c1-16-13(19)6-7-17(15(16)21)10-14(20)18-8-9-22-12-5-3-2-4-11(12)18/h2-7H,8-10H2,1H3. The van der Waals surface area contributed by atoms with Crippen molar-refractivity contribution in [3.63, 3.8) is 0 Å². The van der Waals surface area contributed by atoms with E-state index in [0.29, 0.717) is 24.6 Å². The zero-order valence-electron chi connectivity index (χ0n) is 12.1. The van der Waals surface area contributed by atoms with Crippen LogP contribution in [-0.2, 0) is 18.4 Å². The van der Waals surface area contributed by atoms with E-state index >= 15 is 0 Å². The quantitative estimate of drug-likeness (QED) is 0.781. The van der Waals surface area contributed by atoms with Gasteiger partial charge in [0.2, 0.25) is 5.91 Å². The normalized spacial score (nSPS) is 13.4. The minimum Gasteiger partial charge on any atom is -0.490 e. The number of hydrogen-bond donors (Lipinski definition) is 0. The monoisotopic (exact) mass is 301 g/mol. The number of carbonyl (C=O) groups excluding carboxylic acids is 1. The number of nitrogens with zero attached hydrogens (tertiary/aromatic N) is 3. The lowest BCUT2D eigenvalue weighted by Gasteiger charge is -2.29. The van der Waals surface area contributed by atoms with Gasteiger partial charge in [-0.05, 0) is 12.1 Å². The second-order valence-corrected chi connectivity index (χ2v) is 4.99. The highest BCUT2D eigenvalue weighted by Crippen LogP contribution is 2.30. The molecule has 114 valence electrons. The van der Waals surface area contributed by atoms with E-state index in [1.165, 1.54) is 23.9 Å². The Labute approximate surface area is 126 Å². The molecule has 0 N–H and O–H groups in total. The van der Waals surface area contributed by atoms with Gasteiger partial charge in [-0.15, -0.1) is 0 Å². The Balaban J connectivity index is 1.89. The summed E-state index contributed by atoms with van der Waals surface area (Å²) in [5, 5.41) is 0. The van der Waals surface area contributed by atoms with Crippen LogP contribution in [0.15, 0.2) is 46.1 Å². The largest absolute Gasteiger partial charge is 0.490 e. The molecular weight excluding hydrogens is 286 g/mol. The van der Waals surface area contributed by atoms with Crippen LogP contribution >= 0.6 is 0 Å². The van der Waals surface area contributed by atoms with E-state index in [0.717, 1.165) is 4.57 Å². The van der Waals surface area contributed by atoms with E-state index in [9.17, 15) is 14.4 Å². The summed E-state index contributed by atoms with van der Waals surface area (Å²) >= 11 is 0. The van der Waals surface area contributed by atoms with Crippen LogP contribution in [0.1, 0.15) is 0 Å². The lowest BCUT2D eigenvalue weighted by atomic mass is 10.2. The number of para-hydroxylation sites is 2. The number of ether oxygens (including phenoxy) is 1. The first kappa shape index (κ1) is 14.1. The van der Waals surface area contributed by atoms with E-state index < -0.39 is 11.2 Å². The molecule has 0 bridgehead atoms. The highest BCUT2D eigenvalue weighted by molar-refractivity contribution is 5.95. The van der Waals surface area contributed by atoms with Gasteiger partial charge in [0.1, 0.15) is 18.9 Å². The second-order valence-electron chi connectivity index (χ2n) is 4.99. The van der Waals surface area contributed by atoms with Crippen LogP contribution < -0.4 is 20.9 Å². The highest BCUT2D eigenvalue weighted by Gasteiger charge is 2.23. The van der Waals surface area contributed by atoms with E-state index in [1.807, 2.05) is 12.1 Å². The molecule has 0 saturated carbocycles. The molecule has 0 saturated heterocycles. The maximum Gasteiger partial charge on any atom is 0.331 e. The Morgan fingerprint density at radius 2 is 2.00 bits per heavy atom. The average Bonchev–Trinajstić information content (AvgIpc) is 2.55. The van der Waals surface area contributed by atoms with Crippen LogP contribution in [0.3, 0.4) is 0 Å². The van der Waals surface area contributed by atoms with Gasteiger partial charge in [0.25, 0.3) is 5.56 Å². The Bertz CT molecular complexity index is 837. The van der Waals surface area contributed by atoms with E-state index in [2.05, 4.69) is 0 Å². The first-order chi connectivity index (χ1) is 10.6. The van der Waals surface area contributed by atoms with Crippen LogP contribution in [0, 0.1) is 0 Å². The summed E-state index contributed by atoms with van der Waals surface area (Å²) in [4.78, 5) is 37.5. The van der Waals surface area contributed by atoms with Gasteiger partial charge in [0.05, 0.1) is 12.2 Å². The lowest BCUT2D eigenvalue weighted by Crippen LogP contribution is -2.44. The first-order valence-corrected chi connectivity index (χ1v) is 6.86. The zero-order chi connectivity index (χ0) is 15.7. The summed E-state index contributed by atoms with van der Waals surface area (Å²) in [6, 6.07) is 8.53. The molecule has 2 aromatic rings. The first-order valence-electron chi connectivity index (χ1n) is 6.86. The molecule has 1 amide bonds. The Hall–Kier alpha value is -2.83. The third-order valence-corrected chi connectivity index (χ3v) is 3.60. The van der Waals surface area contributed by atoms with Crippen molar-refractivity contribution in [3.05, 3.63) is 57.4 Å². The van der Waals surface area contributed by atoms with Gasteiger partial charge in [-0.3, -0.25) is 18.7 Å². The van der Waals surface area contributed by atoms with Gasteiger partial charge in [-0.2, -0.15) is 0 Å². The molecule has 0 unspecified atom stereocenters. The van der Waals surface area contributed by atoms with Gasteiger partial charge in [-0.1, -0.05) is 12.1 Å². The molecule has 0 aliphatic carbocycles. The Kier molecular flexibility index (Phi) is 3.54. The smallest absolute Gasteiger partial charge is 0.331 e. The summed E-state index contributed by atoms with van der Waals surface area (Å²) in [6.07, 6.45) is 1.34. The summed E-state index contributed by atoms with van der Waals surface area (Å²) in [6.45, 7) is 0.711. The SMILES string of the molecule is Cn1c(=O)ccn(CC(=O)N2CCOc3ccccc32)c1=O. The molecule has 7 nitrogen and oxygen atoms in total. The minimum absolute atomic E-state index is 0.124. The summed E-state index contributed by atoms with van der Waals surface area (Å²) in [5.41, 5.74) is -0.218. The number of fused-ring (bicyclic) bond motifs is 1. The fourth-order valence-corrected chi connectivity index (χ4v) is 2.40. The number of anilines is 1. The molecule has 0 radical (unpaired) electrons. The van der Waals surface area contributed by atoms with E-state index in [4.69, 9.17) is 4.74 Å². The molecule has 7 heteroatoms. The number of amides is 1. The van der Waals surface area contributed by atoms with Crippen molar-refractivity contribution in [1.82, 2.24) is 9.13 Å². The maximum atomic E-state index is 12.5. The van der Waals surface area contributed by atoms with Gasteiger partial charge >= 0.3 is 5.69 Å². The molecule has 1 aliphatic heterocycles. The van der Waals surface area contributed by atoms with Gasteiger partial charge < -0.3 is 9.64 Å². The van der Waals surface area contributed by atoms with Crippen LogP contribution in [0.4, 0.5) is 5.69 Å². The number of aromatic nitrogens is 2. The summed E-state index contributed by atoms with van der Waals surface area (Å²) < 4.78 is 7.70. The topological polar surface area (TPSA) is 73.5 Å². The van der Waals surface area contributed by atoms with Crippen LogP contribution in [-0.4, -0.2) is 28.2 Å². The fourth-order valence-electron chi connectivity index (χ4n) is 2.40. The van der Waals surface area contributed by atoms with Crippen molar-refractivity contribution in [2.24, 2.45) is 7.05 Å². The molecular formula is C15H15N3O4.